The van der Waals surface area contributed by atoms with E-state index in [1.165, 1.54) is 6.42 Å². The molecule has 1 aromatic rings. The zero-order chi connectivity index (χ0) is 9.97. The first-order valence-corrected chi connectivity index (χ1v) is 5.67. The van der Waals surface area contributed by atoms with Crippen molar-refractivity contribution in [1.82, 2.24) is 4.98 Å². The molecule has 0 saturated heterocycles. The minimum atomic E-state index is 0.286. The Kier molecular flexibility index (Phi) is 3.03. The van der Waals surface area contributed by atoms with Crippen LogP contribution >= 0.6 is 15.9 Å². The Morgan fingerprint density at radius 2 is 2.29 bits per heavy atom. The predicted octanol–water partition coefficient (Wildman–Crippen LogP) is 2.14. The van der Waals surface area contributed by atoms with Gasteiger partial charge in [-0.2, -0.15) is 0 Å². The summed E-state index contributed by atoms with van der Waals surface area (Å²) in [5, 5.41) is 3.41. The summed E-state index contributed by atoms with van der Waals surface area (Å²) < 4.78 is 0.995. The van der Waals surface area contributed by atoms with Crippen LogP contribution in [0.4, 0.5) is 5.69 Å². The van der Waals surface area contributed by atoms with Crippen molar-refractivity contribution in [3.63, 3.8) is 0 Å². The Labute approximate surface area is 92.2 Å². The summed E-state index contributed by atoms with van der Waals surface area (Å²) in [5.41, 5.74) is 7.01. The van der Waals surface area contributed by atoms with Crippen LogP contribution in [0.1, 0.15) is 19.3 Å². The fourth-order valence-corrected chi connectivity index (χ4v) is 2.24. The van der Waals surface area contributed by atoms with Crippen LogP contribution in [0.3, 0.4) is 0 Å². The largest absolute Gasteiger partial charge is 0.379 e. The average molecular weight is 256 g/mol. The molecule has 3 N–H and O–H groups in total. The van der Waals surface area contributed by atoms with Crippen molar-refractivity contribution in [2.24, 2.45) is 5.73 Å². The van der Waals surface area contributed by atoms with Crippen LogP contribution in [-0.4, -0.2) is 17.1 Å². The van der Waals surface area contributed by atoms with Gasteiger partial charge in [-0.1, -0.05) is 0 Å². The third kappa shape index (κ3) is 2.25. The van der Waals surface area contributed by atoms with E-state index in [0.29, 0.717) is 6.04 Å². The SMILES string of the molecule is NC1CCCC1Nc1cncc(Br)c1. The topological polar surface area (TPSA) is 50.9 Å². The quantitative estimate of drug-likeness (QED) is 0.852. The first-order valence-electron chi connectivity index (χ1n) is 4.88. The normalized spacial score (nSPS) is 26.4. The number of rotatable bonds is 2. The monoisotopic (exact) mass is 255 g/mol. The smallest absolute Gasteiger partial charge is 0.0540 e. The number of anilines is 1. The number of nitrogens with one attached hydrogen (secondary N) is 1. The summed E-state index contributed by atoms with van der Waals surface area (Å²) >= 11 is 3.39. The molecule has 2 rings (SSSR count). The van der Waals surface area contributed by atoms with Crippen LogP contribution in [0, 0.1) is 0 Å². The molecule has 0 aromatic carbocycles. The van der Waals surface area contributed by atoms with Gasteiger partial charge in [-0.15, -0.1) is 0 Å². The summed E-state index contributed by atoms with van der Waals surface area (Å²) in [6.07, 6.45) is 7.11. The molecule has 4 heteroatoms. The van der Waals surface area contributed by atoms with Gasteiger partial charge in [0.1, 0.15) is 0 Å². The molecule has 2 atom stereocenters. The van der Waals surface area contributed by atoms with Crippen LogP contribution in [0.15, 0.2) is 22.9 Å². The molecule has 1 aliphatic rings. The zero-order valence-corrected chi connectivity index (χ0v) is 9.50. The summed E-state index contributed by atoms with van der Waals surface area (Å²) in [6.45, 7) is 0. The summed E-state index contributed by atoms with van der Waals surface area (Å²) in [4.78, 5) is 4.10. The number of halogens is 1. The van der Waals surface area contributed by atoms with Gasteiger partial charge >= 0.3 is 0 Å². The standard InChI is InChI=1S/C10H14BrN3/c11-7-4-8(6-13-5-7)14-10-3-1-2-9(10)12/h4-6,9-10,14H,1-3,12H2. The van der Waals surface area contributed by atoms with Crippen LogP contribution < -0.4 is 11.1 Å². The number of hydrogen-bond donors (Lipinski definition) is 2. The van der Waals surface area contributed by atoms with Crippen molar-refractivity contribution in [2.75, 3.05) is 5.32 Å². The van der Waals surface area contributed by atoms with Crippen molar-refractivity contribution in [2.45, 2.75) is 31.3 Å². The molecule has 0 aliphatic heterocycles. The summed E-state index contributed by atoms with van der Waals surface area (Å²) in [7, 11) is 0. The van der Waals surface area contributed by atoms with Gasteiger partial charge in [0.25, 0.3) is 0 Å². The summed E-state index contributed by atoms with van der Waals surface area (Å²) in [6, 6.07) is 2.72. The lowest BCUT2D eigenvalue weighted by atomic mass is 10.2. The van der Waals surface area contributed by atoms with Crippen molar-refractivity contribution in [1.29, 1.82) is 0 Å². The zero-order valence-electron chi connectivity index (χ0n) is 7.91. The highest BCUT2D eigenvalue weighted by Crippen LogP contribution is 2.22. The minimum Gasteiger partial charge on any atom is -0.379 e. The van der Waals surface area contributed by atoms with Crippen molar-refractivity contribution in [3.8, 4) is 0 Å². The van der Waals surface area contributed by atoms with E-state index >= 15 is 0 Å². The lowest BCUT2D eigenvalue weighted by Crippen LogP contribution is -2.35. The van der Waals surface area contributed by atoms with E-state index in [4.69, 9.17) is 5.73 Å². The lowest BCUT2D eigenvalue weighted by molar-refractivity contribution is 0.637. The highest BCUT2D eigenvalue weighted by Gasteiger charge is 2.23. The van der Waals surface area contributed by atoms with Crippen molar-refractivity contribution < 1.29 is 0 Å². The molecule has 1 fully saturated rings. The Morgan fingerprint density at radius 3 is 2.93 bits per heavy atom. The first-order chi connectivity index (χ1) is 6.75. The maximum Gasteiger partial charge on any atom is 0.0540 e. The molecule has 1 aromatic heterocycles. The van der Waals surface area contributed by atoms with E-state index in [2.05, 4.69) is 26.2 Å². The molecular formula is C10H14BrN3. The third-order valence-corrected chi connectivity index (χ3v) is 3.06. The molecule has 1 heterocycles. The van der Waals surface area contributed by atoms with E-state index in [9.17, 15) is 0 Å². The van der Waals surface area contributed by atoms with Crippen molar-refractivity contribution in [3.05, 3.63) is 22.9 Å². The van der Waals surface area contributed by atoms with Gasteiger partial charge in [0.2, 0.25) is 0 Å². The van der Waals surface area contributed by atoms with Gasteiger partial charge in [-0.25, -0.2) is 0 Å². The number of nitrogens with two attached hydrogens (primary N) is 1. The fraction of sp³-hybridized carbons (Fsp3) is 0.500. The Balaban J connectivity index is 2.03. The molecule has 0 bridgehead atoms. The maximum absolute atomic E-state index is 5.97. The Hall–Kier alpha value is -0.610. The van der Waals surface area contributed by atoms with Crippen LogP contribution in [0.2, 0.25) is 0 Å². The van der Waals surface area contributed by atoms with E-state index in [1.807, 2.05) is 12.3 Å². The molecule has 0 radical (unpaired) electrons. The number of pyridine rings is 1. The average Bonchev–Trinajstić information content (AvgIpc) is 2.52. The molecule has 1 aliphatic carbocycles. The second kappa shape index (κ2) is 4.28. The molecule has 76 valence electrons. The molecule has 14 heavy (non-hydrogen) atoms. The molecule has 1 saturated carbocycles. The number of nitrogens with zero attached hydrogens (tertiary/aromatic N) is 1. The van der Waals surface area contributed by atoms with Crippen LogP contribution in [-0.2, 0) is 0 Å². The highest BCUT2D eigenvalue weighted by atomic mass is 79.9. The maximum atomic E-state index is 5.97. The minimum absolute atomic E-state index is 0.286. The van der Waals surface area contributed by atoms with Gasteiger partial charge in [-0.05, 0) is 41.3 Å². The van der Waals surface area contributed by atoms with E-state index in [-0.39, 0.29) is 6.04 Å². The third-order valence-electron chi connectivity index (χ3n) is 2.63. The highest BCUT2D eigenvalue weighted by molar-refractivity contribution is 9.10. The Bertz CT molecular complexity index is 316. The lowest BCUT2D eigenvalue weighted by Gasteiger charge is -2.18. The van der Waals surface area contributed by atoms with Gasteiger partial charge in [0.15, 0.2) is 0 Å². The number of aromatic nitrogens is 1. The molecule has 0 amide bonds. The molecule has 3 nitrogen and oxygen atoms in total. The predicted molar refractivity (Wildman–Crippen MR) is 61.2 cm³/mol. The Morgan fingerprint density at radius 1 is 1.43 bits per heavy atom. The molecular weight excluding hydrogens is 242 g/mol. The van der Waals surface area contributed by atoms with Gasteiger partial charge in [0, 0.05) is 22.8 Å². The molecule has 0 spiro atoms. The summed E-state index contributed by atoms with van der Waals surface area (Å²) in [5.74, 6) is 0. The van der Waals surface area contributed by atoms with Crippen LogP contribution in [0.5, 0.6) is 0 Å². The second-order valence-corrected chi connectivity index (χ2v) is 4.65. The van der Waals surface area contributed by atoms with E-state index in [0.717, 1.165) is 23.0 Å². The number of hydrogen-bond acceptors (Lipinski definition) is 3. The van der Waals surface area contributed by atoms with E-state index in [1.54, 1.807) is 6.20 Å². The van der Waals surface area contributed by atoms with Gasteiger partial charge in [-0.3, -0.25) is 4.98 Å². The van der Waals surface area contributed by atoms with Gasteiger partial charge in [0.05, 0.1) is 11.9 Å². The van der Waals surface area contributed by atoms with Crippen molar-refractivity contribution >= 4 is 21.6 Å². The van der Waals surface area contributed by atoms with Crippen LogP contribution in [0.25, 0.3) is 0 Å². The fourth-order valence-electron chi connectivity index (χ4n) is 1.87. The second-order valence-electron chi connectivity index (χ2n) is 3.74. The molecule has 2 unspecified atom stereocenters. The van der Waals surface area contributed by atoms with E-state index < -0.39 is 0 Å². The van der Waals surface area contributed by atoms with Gasteiger partial charge < -0.3 is 11.1 Å². The first kappa shape index (κ1) is 9.93.